The van der Waals surface area contributed by atoms with Crippen LogP contribution < -0.4 is 0 Å². The van der Waals surface area contributed by atoms with Gasteiger partial charge in [0.15, 0.2) is 5.78 Å². The maximum atomic E-state index is 12.2. The summed E-state index contributed by atoms with van der Waals surface area (Å²) < 4.78 is 0. The fourth-order valence-corrected chi connectivity index (χ4v) is 2.58. The van der Waals surface area contributed by atoms with Crippen LogP contribution >= 0.6 is 0 Å². The van der Waals surface area contributed by atoms with Gasteiger partial charge in [0, 0.05) is 25.5 Å². The molecule has 0 aromatic heterocycles. The van der Waals surface area contributed by atoms with E-state index in [1.54, 1.807) is 0 Å². The molecule has 0 heterocycles. The molecule has 0 spiro atoms. The second kappa shape index (κ2) is 8.44. The molecule has 0 saturated heterocycles. The van der Waals surface area contributed by atoms with Crippen molar-refractivity contribution in [3.8, 4) is 0 Å². The summed E-state index contributed by atoms with van der Waals surface area (Å²) in [6.45, 7) is 0. The minimum atomic E-state index is -0.266. The zero-order valence-corrected chi connectivity index (χ0v) is 13.5. The van der Waals surface area contributed by atoms with E-state index in [0.717, 1.165) is 42.0 Å². The Morgan fingerprint density at radius 2 is 1.57 bits per heavy atom. The Labute approximate surface area is 136 Å². The van der Waals surface area contributed by atoms with Gasteiger partial charge in [-0.25, -0.2) is 5.06 Å². The van der Waals surface area contributed by atoms with Gasteiger partial charge in [0.05, 0.1) is 0 Å². The largest absolute Gasteiger partial charge is 0.294 e. The second-order valence-corrected chi connectivity index (χ2v) is 5.82. The Balaban J connectivity index is 1.73. The highest BCUT2D eigenvalue weighted by atomic mass is 16.5. The van der Waals surface area contributed by atoms with E-state index >= 15 is 0 Å². The van der Waals surface area contributed by atoms with Crippen molar-refractivity contribution < 1.29 is 14.8 Å². The van der Waals surface area contributed by atoms with E-state index in [9.17, 15) is 9.59 Å². The van der Waals surface area contributed by atoms with Crippen molar-refractivity contribution in [3.05, 3.63) is 48.0 Å². The summed E-state index contributed by atoms with van der Waals surface area (Å²) in [5.41, 5.74) is 0.765. The topological polar surface area (TPSA) is 57.6 Å². The predicted octanol–water partition coefficient (Wildman–Crippen LogP) is 4.21. The number of rotatable bonds is 8. The summed E-state index contributed by atoms with van der Waals surface area (Å²) in [6.07, 6.45) is 4.27. The molecule has 0 aliphatic heterocycles. The predicted molar refractivity (Wildman–Crippen MR) is 90.5 cm³/mol. The van der Waals surface area contributed by atoms with Gasteiger partial charge in [-0.1, -0.05) is 49.2 Å². The first kappa shape index (κ1) is 17.2. The average molecular weight is 313 g/mol. The minimum Gasteiger partial charge on any atom is -0.294 e. The quantitative estimate of drug-likeness (QED) is 0.344. The van der Waals surface area contributed by atoms with E-state index in [1.165, 1.54) is 7.05 Å². The van der Waals surface area contributed by atoms with Gasteiger partial charge in [0.25, 0.3) is 0 Å². The van der Waals surface area contributed by atoms with Crippen molar-refractivity contribution in [2.24, 2.45) is 0 Å². The molecular formula is C19H23NO3. The summed E-state index contributed by atoms with van der Waals surface area (Å²) in [5, 5.41) is 11.8. The Morgan fingerprint density at radius 1 is 0.913 bits per heavy atom. The van der Waals surface area contributed by atoms with Crippen molar-refractivity contribution in [1.29, 1.82) is 0 Å². The van der Waals surface area contributed by atoms with Crippen LogP contribution in [0, 0.1) is 0 Å². The number of hydroxylamine groups is 2. The molecule has 23 heavy (non-hydrogen) atoms. The maximum absolute atomic E-state index is 12.2. The highest BCUT2D eigenvalue weighted by Crippen LogP contribution is 2.17. The van der Waals surface area contributed by atoms with Crippen molar-refractivity contribution in [3.63, 3.8) is 0 Å². The molecule has 0 atom stereocenters. The molecule has 4 nitrogen and oxygen atoms in total. The number of hydrogen-bond donors (Lipinski definition) is 1. The van der Waals surface area contributed by atoms with E-state index < -0.39 is 0 Å². The van der Waals surface area contributed by atoms with Crippen molar-refractivity contribution in [2.75, 3.05) is 7.05 Å². The summed E-state index contributed by atoms with van der Waals surface area (Å²) in [4.78, 5) is 23.4. The molecule has 122 valence electrons. The summed E-state index contributed by atoms with van der Waals surface area (Å²) in [5.74, 6) is -0.0980. The SMILES string of the molecule is CN(O)C(=O)CCCCCCC(=O)c1ccc2ccccc2c1. The third-order valence-electron chi connectivity index (χ3n) is 3.98. The first-order valence-electron chi connectivity index (χ1n) is 8.05. The molecule has 0 fully saturated rings. The van der Waals surface area contributed by atoms with Crippen molar-refractivity contribution >= 4 is 22.5 Å². The molecule has 0 bridgehead atoms. The lowest BCUT2D eigenvalue weighted by molar-refractivity contribution is -0.159. The van der Waals surface area contributed by atoms with E-state index in [0.29, 0.717) is 17.9 Å². The number of nitrogens with zero attached hydrogens (tertiary/aromatic N) is 1. The molecule has 2 aromatic carbocycles. The van der Waals surface area contributed by atoms with E-state index in [2.05, 4.69) is 0 Å². The number of carbonyl (C=O) groups is 2. The number of Topliss-reactive ketones (excluding diaryl/α,β-unsaturated/α-hetero) is 1. The standard InChI is InChI=1S/C19H23NO3/c1-20(23)19(22)11-5-3-2-4-10-18(21)17-13-12-15-8-6-7-9-16(15)14-17/h6-9,12-14,23H,2-5,10-11H2,1H3. The number of amides is 1. The lowest BCUT2D eigenvalue weighted by Gasteiger charge is -2.07. The van der Waals surface area contributed by atoms with Gasteiger partial charge >= 0.3 is 0 Å². The van der Waals surface area contributed by atoms with Crippen LogP contribution in [-0.2, 0) is 4.79 Å². The Morgan fingerprint density at radius 3 is 2.26 bits per heavy atom. The van der Waals surface area contributed by atoms with Gasteiger partial charge in [-0.3, -0.25) is 14.8 Å². The van der Waals surface area contributed by atoms with Crippen LogP contribution in [-0.4, -0.2) is 29.0 Å². The van der Waals surface area contributed by atoms with Crippen LogP contribution in [0.1, 0.15) is 48.9 Å². The second-order valence-electron chi connectivity index (χ2n) is 5.82. The van der Waals surface area contributed by atoms with Crippen LogP contribution in [0.4, 0.5) is 0 Å². The molecule has 0 radical (unpaired) electrons. The zero-order valence-electron chi connectivity index (χ0n) is 13.5. The average Bonchev–Trinajstić information content (AvgIpc) is 2.56. The highest BCUT2D eigenvalue weighted by molar-refractivity contribution is 5.99. The van der Waals surface area contributed by atoms with Gasteiger partial charge in [0.1, 0.15) is 0 Å². The van der Waals surface area contributed by atoms with E-state index in [-0.39, 0.29) is 11.7 Å². The number of ketones is 1. The van der Waals surface area contributed by atoms with Gasteiger partial charge in [-0.05, 0) is 29.7 Å². The first-order valence-corrected chi connectivity index (χ1v) is 8.05. The van der Waals surface area contributed by atoms with Gasteiger partial charge in [-0.2, -0.15) is 0 Å². The minimum absolute atomic E-state index is 0.168. The molecule has 0 aliphatic rings. The normalized spacial score (nSPS) is 10.7. The van der Waals surface area contributed by atoms with Crippen molar-refractivity contribution in [1.82, 2.24) is 5.06 Å². The molecular weight excluding hydrogens is 290 g/mol. The fraction of sp³-hybridized carbons (Fsp3) is 0.368. The molecule has 1 amide bonds. The Bertz CT molecular complexity index is 679. The molecule has 4 heteroatoms. The van der Waals surface area contributed by atoms with Crippen LogP contribution in [0.3, 0.4) is 0 Å². The van der Waals surface area contributed by atoms with Crippen LogP contribution in [0.5, 0.6) is 0 Å². The van der Waals surface area contributed by atoms with E-state index in [4.69, 9.17) is 5.21 Å². The van der Waals surface area contributed by atoms with Gasteiger partial charge in [0.2, 0.25) is 5.91 Å². The molecule has 2 aromatic rings. The number of carbonyl (C=O) groups excluding carboxylic acids is 2. The first-order chi connectivity index (χ1) is 11.1. The van der Waals surface area contributed by atoms with Crippen LogP contribution in [0.15, 0.2) is 42.5 Å². The van der Waals surface area contributed by atoms with Gasteiger partial charge in [-0.15, -0.1) is 0 Å². The van der Waals surface area contributed by atoms with E-state index in [1.807, 2.05) is 42.5 Å². The smallest absolute Gasteiger partial charge is 0.245 e. The Hall–Kier alpha value is -2.20. The monoisotopic (exact) mass is 313 g/mol. The molecule has 1 N–H and O–H groups in total. The van der Waals surface area contributed by atoms with Crippen molar-refractivity contribution in [2.45, 2.75) is 38.5 Å². The highest BCUT2D eigenvalue weighted by Gasteiger charge is 2.07. The number of fused-ring (bicyclic) bond motifs is 1. The lowest BCUT2D eigenvalue weighted by atomic mass is 10.0. The number of hydrogen-bond acceptors (Lipinski definition) is 3. The number of benzene rings is 2. The summed E-state index contributed by atoms with van der Waals surface area (Å²) >= 11 is 0. The summed E-state index contributed by atoms with van der Waals surface area (Å²) in [6, 6.07) is 13.8. The lowest BCUT2D eigenvalue weighted by Crippen LogP contribution is -2.21. The zero-order chi connectivity index (χ0) is 16.7. The molecule has 0 aliphatic carbocycles. The van der Waals surface area contributed by atoms with Crippen LogP contribution in [0.25, 0.3) is 10.8 Å². The fourth-order valence-electron chi connectivity index (χ4n) is 2.58. The maximum Gasteiger partial charge on any atom is 0.245 e. The molecule has 0 saturated carbocycles. The van der Waals surface area contributed by atoms with Gasteiger partial charge < -0.3 is 0 Å². The molecule has 2 rings (SSSR count). The summed E-state index contributed by atoms with van der Waals surface area (Å²) in [7, 11) is 1.34. The molecule has 0 unspecified atom stereocenters. The third-order valence-corrected chi connectivity index (χ3v) is 3.98. The Kier molecular flexibility index (Phi) is 6.29. The van der Waals surface area contributed by atoms with Crippen LogP contribution in [0.2, 0.25) is 0 Å². The number of unbranched alkanes of at least 4 members (excludes halogenated alkanes) is 3. The third kappa shape index (κ3) is 5.18.